The molecule has 8 heteroatoms. The smallest absolute Gasteiger partial charge is 0.239 e. The number of morpholine rings is 1. The number of piperidine rings is 1. The Morgan fingerprint density at radius 3 is 2.15 bits per heavy atom. The Bertz CT molecular complexity index is 434. The van der Waals surface area contributed by atoms with Crippen LogP contribution in [0.15, 0.2) is 0 Å². The van der Waals surface area contributed by atoms with Gasteiger partial charge in [-0.1, -0.05) is 0 Å². The highest BCUT2D eigenvalue weighted by Crippen LogP contribution is 2.24. The lowest BCUT2D eigenvalue weighted by Crippen LogP contribution is -2.52. The van der Waals surface area contributed by atoms with E-state index in [4.69, 9.17) is 15.2 Å². The van der Waals surface area contributed by atoms with E-state index in [1.807, 2.05) is 4.90 Å². The molecule has 0 aromatic heterocycles. The molecule has 160 valence electrons. The van der Waals surface area contributed by atoms with Crippen molar-refractivity contribution in [3.05, 3.63) is 0 Å². The summed E-state index contributed by atoms with van der Waals surface area (Å²) in [4.78, 5) is 17.3. The summed E-state index contributed by atoms with van der Waals surface area (Å²) in [6.45, 7) is 10.7. The summed E-state index contributed by atoms with van der Waals surface area (Å²) in [6, 6.07) is -0.346. The van der Waals surface area contributed by atoms with Gasteiger partial charge in [-0.3, -0.25) is 9.69 Å². The Morgan fingerprint density at radius 2 is 1.59 bits per heavy atom. The van der Waals surface area contributed by atoms with E-state index < -0.39 is 0 Å². The number of nitrogens with zero attached hydrogens (tertiary/aromatic N) is 2. The fourth-order valence-electron chi connectivity index (χ4n) is 4.62. The summed E-state index contributed by atoms with van der Waals surface area (Å²) in [7, 11) is 0. The van der Waals surface area contributed by atoms with E-state index >= 15 is 0 Å². The fourth-order valence-corrected chi connectivity index (χ4v) is 4.62. The van der Waals surface area contributed by atoms with Crippen LogP contribution in [0.25, 0.3) is 0 Å². The van der Waals surface area contributed by atoms with Gasteiger partial charge in [-0.25, -0.2) is 0 Å². The van der Waals surface area contributed by atoms with Crippen LogP contribution in [-0.4, -0.2) is 79.9 Å². The normalized spacial score (nSPS) is 29.5. The maximum absolute atomic E-state index is 12.7. The molecule has 3 atom stereocenters. The highest BCUT2D eigenvalue weighted by atomic mass is 35.5. The lowest BCUT2D eigenvalue weighted by Gasteiger charge is -2.40. The van der Waals surface area contributed by atoms with Crippen molar-refractivity contribution in [2.45, 2.75) is 57.8 Å². The molecular formula is C19H37Cl2N3O3. The second-order valence-corrected chi connectivity index (χ2v) is 8.22. The van der Waals surface area contributed by atoms with Gasteiger partial charge in [0.05, 0.1) is 18.2 Å². The van der Waals surface area contributed by atoms with E-state index in [2.05, 4.69) is 18.7 Å². The lowest BCUT2D eigenvalue weighted by molar-refractivity contribution is -0.136. The van der Waals surface area contributed by atoms with Gasteiger partial charge in [-0.05, 0) is 51.4 Å². The summed E-state index contributed by atoms with van der Waals surface area (Å²) >= 11 is 0. The third-order valence-corrected chi connectivity index (χ3v) is 6.00. The number of nitrogens with two attached hydrogens (primary N) is 1. The number of carbonyl (C=O) groups is 1. The predicted octanol–water partition coefficient (Wildman–Crippen LogP) is 1.93. The lowest BCUT2D eigenvalue weighted by atomic mass is 9.90. The van der Waals surface area contributed by atoms with Crippen LogP contribution < -0.4 is 5.73 Å². The zero-order valence-electron chi connectivity index (χ0n) is 16.7. The molecule has 3 rings (SSSR count). The molecule has 3 aliphatic heterocycles. The van der Waals surface area contributed by atoms with Crippen LogP contribution in [0.4, 0.5) is 0 Å². The van der Waals surface area contributed by atoms with Gasteiger partial charge in [0, 0.05) is 45.9 Å². The van der Waals surface area contributed by atoms with Crippen LogP contribution in [0, 0.1) is 11.8 Å². The van der Waals surface area contributed by atoms with Crippen LogP contribution in [0.5, 0.6) is 0 Å². The number of amides is 1. The zero-order valence-corrected chi connectivity index (χ0v) is 18.3. The molecule has 3 heterocycles. The second-order valence-electron chi connectivity index (χ2n) is 8.22. The molecule has 27 heavy (non-hydrogen) atoms. The molecule has 0 bridgehead atoms. The van der Waals surface area contributed by atoms with E-state index in [0.29, 0.717) is 18.1 Å². The van der Waals surface area contributed by atoms with E-state index in [1.54, 1.807) is 0 Å². The zero-order chi connectivity index (χ0) is 17.8. The molecule has 0 radical (unpaired) electrons. The highest BCUT2D eigenvalue weighted by molar-refractivity contribution is 5.85. The summed E-state index contributed by atoms with van der Waals surface area (Å²) < 4.78 is 11.2. The van der Waals surface area contributed by atoms with Crippen molar-refractivity contribution in [1.29, 1.82) is 0 Å². The van der Waals surface area contributed by atoms with E-state index in [9.17, 15) is 4.79 Å². The molecule has 0 aromatic rings. The van der Waals surface area contributed by atoms with E-state index in [-0.39, 0.29) is 42.7 Å². The number of hydrogen-bond acceptors (Lipinski definition) is 5. The molecule has 6 nitrogen and oxygen atoms in total. The number of halogens is 2. The van der Waals surface area contributed by atoms with Crippen molar-refractivity contribution in [2.24, 2.45) is 17.6 Å². The summed E-state index contributed by atoms with van der Waals surface area (Å²) in [5.41, 5.74) is 6.27. The minimum atomic E-state index is -0.346. The van der Waals surface area contributed by atoms with Gasteiger partial charge < -0.3 is 20.1 Å². The average Bonchev–Trinajstić information content (AvgIpc) is 2.61. The Labute approximate surface area is 176 Å². The minimum Gasteiger partial charge on any atom is -0.381 e. The van der Waals surface area contributed by atoms with Crippen LogP contribution in [-0.2, 0) is 14.3 Å². The molecule has 0 spiro atoms. The summed E-state index contributed by atoms with van der Waals surface area (Å²) in [5.74, 6) is 1.12. The highest BCUT2D eigenvalue weighted by Gasteiger charge is 2.33. The quantitative estimate of drug-likeness (QED) is 0.744. The van der Waals surface area contributed by atoms with Crippen molar-refractivity contribution in [3.63, 3.8) is 0 Å². The van der Waals surface area contributed by atoms with Crippen molar-refractivity contribution in [2.75, 3.05) is 45.9 Å². The van der Waals surface area contributed by atoms with Gasteiger partial charge in [-0.15, -0.1) is 24.8 Å². The number of carbonyl (C=O) groups excluding carboxylic acids is 1. The van der Waals surface area contributed by atoms with Gasteiger partial charge >= 0.3 is 0 Å². The first-order valence-corrected chi connectivity index (χ1v) is 10.0. The molecule has 0 aromatic carbocycles. The first-order chi connectivity index (χ1) is 12.0. The van der Waals surface area contributed by atoms with Gasteiger partial charge in [0.2, 0.25) is 5.91 Å². The molecule has 1 amide bonds. The maximum Gasteiger partial charge on any atom is 0.239 e. The van der Waals surface area contributed by atoms with Crippen LogP contribution >= 0.6 is 24.8 Å². The third kappa shape index (κ3) is 7.02. The second kappa shape index (κ2) is 11.8. The monoisotopic (exact) mass is 425 g/mol. The SMILES string of the molecule is CC1CN(CC2CCN(C(=O)C(N)C3CCOCC3)CC2)CC(C)O1.Cl.Cl. The average molecular weight is 426 g/mol. The van der Waals surface area contributed by atoms with E-state index in [1.165, 1.54) is 0 Å². The Balaban J connectivity index is 0.00000182. The van der Waals surface area contributed by atoms with Crippen molar-refractivity contribution in [1.82, 2.24) is 9.80 Å². The number of rotatable bonds is 4. The van der Waals surface area contributed by atoms with Crippen LogP contribution in [0.2, 0.25) is 0 Å². The molecule has 0 aliphatic carbocycles. The maximum atomic E-state index is 12.7. The molecule has 2 N–H and O–H groups in total. The Hall–Kier alpha value is -0.110. The molecular weight excluding hydrogens is 389 g/mol. The minimum absolute atomic E-state index is 0. The number of ether oxygens (including phenoxy) is 2. The predicted molar refractivity (Wildman–Crippen MR) is 112 cm³/mol. The molecule has 0 saturated carbocycles. The molecule has 3 aliphatic rings. The first-order valence-electron chi connectivity index (χ1n) is 10.0. The number of likely N-dealkylation sites (tertiary alicyclic amines) is 1. The van der Waals surface area contributed by atoms with Gasteiger partial charge in [0.25, 0.3) is 0 Å². The van der Waals surface area contributed by atoms with Crippen molar-refractivity contribution >= 4 is 30.7 Å². The molecule has 3 unspecified atom stereocenters. The van der Waals surface area contributed by atoms with E-state index in [0.717, 1.165) is 71.6 Å². The first kappa shape index (κ1) is 24.9. The number of hydrogen-bond donors (Lipinski definition) is 1. The molecule has 3 fully saturated rings. The Kier molecular flexibility index (Phi) is 10.9. The summed E-state index contributed by atoms with van der Waals surface area (Å²) in [5, 5.41) is 0. The van der Waals surface area contributed by atoms with Gasteiger partial charge in [-0.2, -0.15) is 0 Å². The van der Waals surface area contributed by atoms with Crippen molar-refractivity contribution < 1.29 is 14.3 Å². The standard InChI is InChI=1S/C19H35N3O3.2ClH/c1-14-11-21(12-15(2)25-14)13-16-3-7-22(8-4-16)19(23)18(20)17-5-9-24-10-6-17;;/h14-18H,3-13,20H2,1-2H3;2*1H. The topological polar surface area (TPSA) is 68.0 Å². The summed E-state index contributed by atoms with van der Waals surface area (Å²) in [6.07, 6.45) is 4.65. The van der Waals surface area contributed by atoms with Crippen LogP contribution in [0.1, 0.15) is 39.5 Å². The molecule has 3 saturated heterocycles. The van der Waals surface area contributed by atoms with Crippen molar-refractivity contribution in [3.8, 4) is 0 Å². The largest absolute Gasteiger partial charge is 0.381 e. The van der Waals surface area contributed by atoms with Crippen LogP contribution in [0.3, 0.4) is 0 Å². The third-order valence-electron chi connectivity index (χ3n) is 6.00. The van der Waals surface area contributed by atoms with Gasteiger partial charge in [0.15, 0.2) is 0 Å². The Morgan fingerprint density at radius 1 is 1.04 bits per heavy atom. The van der Waals surface area contributed by atoms with Gasteiger partial charge in [0.1, 0.15) is 0 Å². The fraction of sp³-hybridized carbons (Fsp3) is 0.947.